The molecular weight excluding hydrogens is 410 g/mol. The molecule has 9 heteroatoms. The topological polar surface area (TPSA) is 75.3 Å². The van der Waals surface area contributed by atoms with Gasteiger partial charge < -0.3 is 5.32 Å². The Balaban J connectivity index is 1.90. The number of carbonyl (C=O) groups excluding carboxylic acids is 1. The Kier molecular flexibility index (Phi) is 5.74. The fourth-order valence-corrected chi connectivity index (χ4v) is 4.24. The molecule has 2 N–H and O–H groups in total. The molecule has 3 rings (SSSR count). The van der Waals surface area contributed by atoms with Crippen molar-refractivity contribution in [2.24, 2.45) is 0 Å². The molecule has 150 valence electrons. The molecule has 1 aliphatic rings. The van der Waals surface area contributed by atoms with Crippen molar-refractivity contribution in [2.75, 3.05) is 5.32 Å². The van der Waals surface area contributed by atoms with Crippen molar-refractivity contribution in [3.8, 4) is 0 Å². The van der Waals surface area contributed by atoms with Crippen molar-refractivity contribution in [3.05, 3.63) is 63.7 Å². The van der Waals surface area contributed by atoms with Crippen molar-refractivity contribution < 1.29 is 22.0 Å². The van der Waals surface area contributed by atoms with E-state index in [2.05, 4.69) is 10.0 Å². The fourth-order valence-electron chi connectivity index (χ4n) is 3.15. The summed E-state index contributed by atoms with van der Waals surface area (Å²) in [4.78, 5) is 12.7. The van der Waals surface area contributed by atoms with Gasteiger partial charge in [0.2, 0.25) is 10.0 Å². The van der Waals surface area contributed by atoms with Gasteiger partial charge in [-0.2, -0.15) is 0 Å². The Labute approximate surface area is 167 Å². The number of benzene rings is 2. The quantitative estimate of drug-likeness (QED) is 0.750. The summed E-state index contributed by atoms with van der Waals surface area (Å²) in [5.41, 5.74) is 1.18. The lowest BCUT2D eigenvalue weighted by atomic mass is 10.0. The van der Waals surface area contributed by atoms with Gasteiger partial charge in [-0.05, 0) is 62.6 Å². The van der Waals surface area contributed by atoms with E-state index >= 15 is 0 Å². The molecule has 0 aliphatic heterocycles. The van der Waals surface area contributed by atoms with Crippen LogP contribution in [0.2, 0.25) is 5.02 Å². The Hall–Kier alpha value is -2.03. The third kappa shape index (κ3) is 4.04. The number of hydrogen-bond donors (Lipinski definition) is 2. The normalized spacial score (nSPS) is 16.3. The van der Waals surface area contributed by atoms with Crippen LogP contribution in [0.3, 0.4) is 0 Å². The van der Waals surface area contributed by atoms with E-state index in [4.69, 9.17) is 11.6 Å². The number of fused-ring (bicyclic) bond motifs is 1. The highest BCUT2D eigenvalue weighted by Crippen LogP contribution is 2.36. The maximum Gasteiger partial charge on any atom is 0.255 e. The Morgan fingerprint density at radius 2 is 1.86 bits per heavy atom. The lowest BCUT2D eigenvalue weighted by molar-refractivity contribution is 0.102. The van der Waals surface area contributed by atoms with Gasteiger partial charge in [-0.1, -0.05) is 11.6 Å². The van der Waals surface area contributed by atoms with Crippen molar-refractivity contribution in [1.82, 2.24) is 4.72 Å². The minimum Gasteiger partial charge on any atom is -0.322 e. The van der Waals surface area contributed by atoms with E-state index in [0.29, 0.717) is 24.1 Å². The van der Waals surface area contributed by atoms with Gasteiger partial charge in [0, 0.05) is 16.8 Å². The van der Waals surface area contributed by atoms with Crippen molar-refractivity contribution in [3.63, 3.8) is 0 Å². The SMILES string of the molecule is CC(C)S(=O)(=O)NC1CCc2c(C(=O)Nc3ccc(F)c(Cl)c3)ccc(F)c21. The number of nitrogens with one attached hydrogen (secondary N) is 2. The zero-order valence-electron chi connectivity index (χ0n) is 15.2. The van der Waals surface area contributed by atoms with Crippen LogP contribution < -0.4 is 10.0 Å². The number of sulfonamides is 1. The zero-order chi connectivity index (χ0) is 20.6. The van der Waals surface area contributed by atoms with E-state index in [1.807, 2.05) is 0 Å². The molecule has 0 heterocycles. The first-order valence-corrected chi connectivity index (χ1v) is 10.6. The minimum atomic E-state index is -3.60. The summed E-state index contributed by atoms with van der Waals surface area (Å²) in [5, 5.41) is 1.81. The lowest BCUT2D eigenvalue weighted by Gasteiger charge is -2.17. The second kappa shape index (κ2) is 7.77. The number of rotatable bonds is 5. The number of anilines is 1. The Morgan fingerprint density at radius 1 is 1.18 bits per heavy atom. The fraction of sp³-hybridized carbons (Fsp3) is 0.316. The van der Waals surface area contributed by atoms with E-state index in [1.165, 1.54) is 32.0 Å². The zero-order valence-corrected chi connectivity index (χ0v) is 16.8. The highest BCUT2D eigenvalue weighted by molar-refractivity contribution is 7.90. The summed E-state index contributed by atoms with van der Waals surface area (Å²) in [6, 6.07) is 5.54. The van der Waals surface area contributed by atoms with E-state index in [1.54, 1.807) is 0 Å². The Bertz CT molecular complexity index is 1040. The Morgan fingerprint density at radius 3 is 2.50 bits per heavy atom. The third-order valence-electron chi connectivity index (χ3n) is 4.68. The highest BCUT2D eigenvalue weighted by atomic mass is 35.5. The summed E-state index contributed by atoms with van der Waals surface area (Å²) in [6.07, 6.45) is 0.705. The molecule has 2 aromatic rings. The van der Waals surface area contributed by atoms with Crippen molar-refractivity contribution in [2.45, 2.75) is 38.0 Å². The molecule has 2 aromatic carbocycles. The van der Waals surface area contributed by atoms with Crippen LogP contribution in [0.5, 0.6) is 0 Å². The molecule has 0 saturated carbocycles. The lowest BCUT2D eigenvalue weighted by Crippen LogP contribution is -2.33. The molecule has 1 atom stereocenters. The first-order chi connectivity index (χ1) is 13.1. The second-order valence-electron chi connectivity index (χ2n) is 6.87. The van der Waals surface area contributed by atoms with Crippen LogP contribution >= 0.6 is 11.6 Å². The molecule has 0 aromatic heterocycles. The van der Waals surface area contributed by atoms with E-state index in [9.17, 15) is 22.0 Å². The first-order valence-electron chi connectivity index (χ1n) is 8.69. The third-order valence-corrected chi connectivity index (χ3v) is 6.83. The van der Waals surface area contributed by atoms with E-state index in [0.717, 1.165) is 12.1 Å². The van der Waals surface area contributed by atoms with Crippen LogP contribution in [0.1, 0.15) is 47.8 Å². The number of halogens is 3. The van der Waals surface area contributed by atoms with Crippen LogP contribution in [0.4, 0.5) is 14.5 Å². The van der Waals surface area contributed by atoms with Gasteiger partial charge in [0.1, 0.15) is 11.6 Å². The molecule has 1 amide bonds. The molecule has 0 bridgehead atoms. The van der Waals surface area contributed by atoms with Gasteiger partial charge in [-0.25, -0.2) is 21.9 Å². The van der Waals surface area contributed by atoms with Gasteiger partial charge >= 0.3 is 0 Å². The molecule has 1 unspecified atom stereocenters. The molecule has 0 spiro atoms. The van der Waals surface area contributed by atoms with Gasteiger partial charge in [0.05, 0.1) is 16.3 Å². The molecule has 0 radical (unpaired) electrons. The van der Waals surface area contributed by atoms with Crippen molar-refractivity contribution in [1.29, 1.82) is 0 Å². The predicted octanol–water partition coefficient (Wildman–Crippen LogP) is 4.19. The van der Waals surface area contributed by atoms with Crippen LogP contribution in [-0.4, -0.2) is 19.6 Å². The van der Waals surface area contributed by atoms with Crippen LogP contribution in [0.15, 0.2) is 30.3 Å². The summed E-state index contributed by atoms with van der Waals surface area (Å²) in [6.45, 7) is 3.07. The molecule has 5 nitrogen and oxygen atoms in total. The molecular formula is C19H19ClF2N2O3S. The average molecular weight is 429 g/mol. The van der Waals surface area contributed by atoms with Crippen LogP contribution in [0.25, 0.3) is 0 Å². The number of amides is 1. The molecule has 0 saturated heterocycles. The highest BCUT2D eigenvalue weighted by Gasteiger charge is 2.33. The summed E-state index contributed by atoms with van der Waals surface area (Å²) in [5.74, 6) is -1.68. The largest absolute Gasteiger partial charge is 0.322 e. The summed E-state index contributed by atoms with van der Waals surface area (Å²) in [7, 11) is -3.60. The monoisotopic (exact) mass is 428 g/mol. The van der Waals surface area contributed by atoms with Gasteiger partial charge in [0.25, 0.3) is 5.91 Å². The van der Waals surface area contributed by atoms with E-state index < -0.39 is 38.9 Å². The van der Waals surface area contributed by atoms with E-state index in [-0.39, 0.29) is 16.1 Å². The van der Waals surface area contributed by atoms with Gasteiger partial charge in [-0.15, -0.1) is 0 Å². The first kappa shape index (κ1) is 20.7. The standard InChI is InChI=1S/C19H19ClF2N2O3S/c1-10(2)28(26,27)24-17-8-5-12-13(4-7-16(22)18(12)17)19(25)23-11-3-6-15(21)14(20)9-11/h3-4,6-7,9-10,17,24H,5,8H2,1-2H3,(H,23,25). The number of hydrogen-bond acceptors (Lipinski definition) is 3. The number of carbonyl (C=O) groups is 1. The maximum absolute atomic E-state index is 14.5. The second-order valence-corrected chi connectivity index (χ2v) is 9.55. The maximum atomic E-state index is 14.5. The molecule has 28 heavy (non-hydrogen) atoms. The average Bonchev–Trinajstić information content (AvgIpc) is 3.02. The van der Waals surface area contributed by atoms with Crippen LogP contribution in [-0.2, 0) is 16.4 Å². The molecule has 0 fully saturated rings. The summed E-state index contributed by atoms with van der Waals surface area (Å²) >= 11 is 5.72. The van der Waals surface area contributed by atoms with Gasteiger partial charge in [0.15, 0.2) is 0 Å². The minimum absolute atomic E-state index is 0.134. The summed E-state index contributed by atoms with van der Waals surface area (Å²) < 4.78 is 54.6. The molecule has 1 aliphatic carbocycles. The van der Waals surface area contributed by atoms with Gasteiger partial charge in [-0.3, -0.25) is 4.79 Å². The van der Waals surface area contributed by atoms with Crippen LogP contribution in [0, 0.1) is 11.6 Å². The smallest absolute Gasteiger partial charge is 0.255 e. The predicted molar refractivity (Wildman–Crippen MR) is 104 cm³/mol. The van der Waals surface area contributed by atoms with Crippen molar-refractivity contribution >= 4 is 33.2 Å².